The highest BCUT2D eigenvalue weighted by Gasteiger charge is 2.23. The molecule has 0 radical (unpaired) electrons. The summed E-state index contributed by atoms with van der Waals surface area (Å²) in [5, 5.41) is 12.5. The third kappa shape index (κ3) is 4.06. The van der Waals surface area contributed by atoms with E-state index in [1.165, 1.54) is 25.7 Å². The molecule has 1 unspecified atom stereocenters. The van der Waals surface area contributed by atoms with E-state index < -0.39 is 0 Å². The lowest BCUT2D eigenvalue weighted by molar-refractivity contribution is 0.0881. The van der Waals surface area contributed by atoms with Crippen molar-refractivity contribution in [2.75, 3.05) is 6.61 Å². The normalized spacial score (nSPS) is 18.6. The summed E-state index contributed by atoms with van der Waals surface area (Å²) >= 11 is 0. The molecule has 3 nitrogen and oxygen atoms in total. The summed E-state index contributed by atoms with van der Waals surface area (Å²) < 4.78 is 0. The number of aliphatic hydroxyl groups excluding tert-OH is 1. The van der Waals surface area contributed by atoms with Crippen molar-refractivity contribution in [1.29, 1.82) is 0 Å². The molecule has 0 bridgehead atoms. The first-order valence-corrected chi connectivity index (χ1v) is 7.28. The standard InChI is InChI=1S/C16H23NO2/c18-12-15(13-8-4-1-2-5-9-13)17-16(19)14-10-6-3-7-11-14/h3,6-7,10-11,13,15,18H,1-2,4-5,8-9,12H2,(H,17,19). The Morgan fingerprint density at radius 3 is 2.37 bits per heavy atom. The van der Waals surface area contributed by atoms with Crippen LogP contribution >= 0.6 is 0 Å². The molecule has 1 saturated carbocycles. The van der Waals surface area contributed by atoms with Crippen molar-refractivity contribution in [3.63, 3.8) is 0 Å². The molecular formula is C16H23NO2. The number of hydrogen-bond donors (Lipinski definition) is 2. The van der Waals surface area contributed by atoms with E-state index in [9.17, 15) is 9.90 Å². The molecule has 1 aromatic rings. The first-order chi connectivity index (χ1) is 9.31. The molecule has 104 valence electrons. The van der Waals surface area contributed by atoms with Crippen LogP contribution in [0.3, 0.4) is 0 Å². The van der Waals surface area contributed by atoms with Crippen molar-refractivity contribution in [2.45, 2.75) is 44.6 Å². The van der Waals surface area contributed by atoms with Gasteiger partial charge in [0.1, 0.15) is 0 Å². The Labute approximate surface area is 115 Å². The number of carbonyl (C=O) groups excluding carboxylic acids is 1. The molecule has 0 heterocycles. The zero-order valence-electron chi connectivity index (χ0n) is 11.3. The molecular weight excluding hydrogens is 238 g/mol. The minimum Gasteiger partial charge on any atom is -0.394 e. The number of amides is 1. The van der Waals surface area contributed by atoms with Crippen molar-refractivity contribution < 1.29 is 9.90 Å². The van der Waals surface area contributed by atoms with Gasteiger partial charge in [-0.05, 0) is 30.9 Å². The van der Waals surface area contributed by atoms with Gasteiger partial charge in [-0.15, -0.1) is 0 Å². The molecule has 19 heavy (non-hydrogen) atoms. The van der Waals surface area contributed by atoms with Crippen LogP contribution in [-0.2, 0) is 0 Å². The minimum absolute atomic E-state index is 0.0310. The van der Waals surface area contributed by atoms with E-state index in [0.29, 0.717) is 11.5 Å². The topological polar surface area (TPSA) is 49.3 Å². The fourth-order valence-corrected chi connectivity index (χ4v) is 2.87. The van der Waals surface area contributed by atoms with E-state index in [1.807, 2.05) is 18.2 Å². The number of carbonyl (C=O) groups is 1. The molecule has 0 aliphatic heterocycles. The monoisotopic (exact) mass is 261 g/mol. The van der Waals surface area contributed by atoms with Gasteiger partial charge in [0.05, 0.1) is 12.6 Å². The molecule has 1 aromatic carbocycles. The number of nitrogens with one attached hydrogen (secondary N) is 1. The van der Waals surface area contributed by atoms with Crippen LogP contribution < -0.4 is 5.32 Å². The summed E-state index contributed by atoms with van der Waals surface area (Å²) in [7, 11) is 0. The van der Waals surface area contributed by atoms with Gasteiger partial charge in [0, 0.05) is 5.56 Å². The Kier molecular flexibility index (Phi) is 5.40. The van der Waals surface area contributed by atoms with Gasteiger partial charge in [0.15, 0.2) is 0 Å². The largest absolute Gasteiger partial charge is 0.394 e. The molecule has 2 N–H and O–H groups in total. The first-order valence-electron chi connectivity index (χ1n) is 7.28. The molecule has 1 aliphatic carbocycles. The van der Waals surface area contributed by atoms with Crippen LogP contribution in [0, 0.1) is 5.92 Å². The molecule has 0 aromatic heterocycles. The van der Waals surface area contributed by atoms with Crippen molar-refractivity contribution in [3.05, 3.63) is 35.9 Å². The Hall–Kier alpha value is -1.35. The lowest BCUT2D eigenvalue weighted by Gasteiger charge is -2.25. The van der Waals surface area contributed by atoms with Crippen LogP contribution in [0.15, 0.2) is 30.3 Å². The van der Waals surface area contributed by atoms with Crippen LogP contribution in [0.2, 0.25) is 0 Å². The fourth-order valence-electron chi connectivity index (χ4n) is 2.87. The highest BCUT2D eigenvalue weighted by molar-refractivity contribution is 5.94. The average Bonchev–Trinajstić information content (AvgIpc) is 2.74. The van der Waals surface area contributed by atoms with Crippen molar-refractivity contribution in [1.82, 2.24) is 5.32 Å². The molecule has 1 aliphatic rings. The average molecular weight is 261 g/mol. The lowest BCUT2D eigenvalue weighted by atomic mass is 9.92. The summed E-state index contributed by atoms with van der Waals surface area (Å²) in [6, 6.07) is 9.10. The van der Waals surface area contributed by atoms with Crippen molar-refractivity contribution in [2.24, 2.45) is 5.92 Å². The lowest BCUT2D eigenvalue weighted by Crippen LogP contribution is -2.42. The van der Waals surface area contributed by atoms with Gasteiger partial charge >= 0.3 is 0 Å². The highest BCUT2D eigenvalue weighted by Crippen LogP contribution is 2.25. The predicted octanol–water partition coefficient (Wildman–Crippen LogP) is 2.75. The second kappa shape index (κ2) is 7.29. The first kappa shape index (κ1) is 14.1. The molecule has 0 saturated heterocycles. The summed E-state index contributed by atoms with van der Waals surface area (Å²) in [5.74, 6) is 0.337. The smallest absolute Gasteiger partial charge is 0.251 e. The third-order valence-electron chi connectivity index (χ3n) is 4.02. The maximum atomic E-state index is 12.1. The van der Waals surface area contributed by atoms with Gasteiger partial charge in [0.2, 0.25) is 0 Å². The van der Waals surface area contributed by atoms with Gasteiger partial charge in [-0.3, -0.25) is 4.79 Å². The number of aliphatic hydroxyl groups is 1. The summed E-state index contributed by atoms with van der Waals surface area (Å²) in [5.41, 5.74) is 0.662. The van der Waals surface area contributed by atoms with E-state index in [0.717, 1.165) is 12.8 Å². The Balaban J connectivity index is 1.96. The van der Waals surface area contributed by atoms with Crippen LogP contribution in [0.4, 0.5) is 0 Å². The Morgan fingerprint density at radius 2 is 1.79 bits per heavy atom. The summed E-state index contributed by atoms with van der Waals surface area (Å²) in [4.78, 5) is 12.1. The van der Waals surface area contributed by atoms with Gasteiger partial charge in [0.25, 0.3) is 5.91 Å². The Bertz CT molecular complexity index is 383. The van der Waals surface area contributed by atoms with Crippen molar-refractivity contribution in [3.8, 4) is 0 Å². The zero-order chi connectivity index (χ0) is 13.5. The summed E-state index contributed by atoms with van der Waals surface area (Å²) in [6.45, 7) is 0.0310. The van der Waals surface area contributed by atoms with E-state index in [4.69, 9.17) is 0 Å². The van der Waals surface area contributed by atoms with Crippen molar-refractivity contribution >= 4 is 5.91 Å². The Morgan fingerprint density at radius 1 is 1.16 bits per heavy atom. The third-order valence-corrected chi connectivity index (χ3v) is 4.02. The molecule has 1 atom stereocenters. The molecule has 1 amide bonds. The second-order valence-corrected chi connectivity index (χ2v) is 5.38. The van der Waals surface area contributed by atoms with Gasteiger partial charge in [-0.1, -0.05) is 43.9 Å². The number of rotatable bonds is 4. The number of benzene rings is 1. The van der Waals surface area contributed by atoms with Gasteiger partial charge in [-0.2, -0.15) is 0 Å². The zero-order valence-corrected chi connectivity index (χ0v) is 11.3. The quantitative estimate of drug-likeness (QED) is 0.819. The van der Waals surface area contributed by atoms with E-state index in [2.05, 4.69) is 5.32 Å². The number of hydrogen-bond acceptors (Lipinski definition) is 2. The molecule has 0 spiro atoms. The van der Waals surface area contributed by atoms with Gasteiger partial charge in [-0.25, -0.2) is 0 Å². The maximum absolute atomic E-state index is 12.1. The fraction of sp³-hybridized carbons (Fsp3) is 0.562. The highest BCUT2D eigenvalue weighted by atomic mass is 16.3. The van der Waals surface area contributed by atoms with Gasteiger partial charge < -0.3 is 10.4 Å². The summed E-state index contributed by atoms with van der Waals surface area (Å²) in [6.07, 6.45) is 7.20. The SMILES string of the molecule is O=C(NC(CO)C1CCCCCC1)c1ccccc1. The van der Waals surface area contributed by atoms with Crippen LogP contribution in [0.1, 0.15) is 48.9 Å². The second-order valence-electron chi connectivity index (χ2n) is 5.38. The minimum atomic E-state index is -0.106. The van der Waals surface area contributed by atoms with E-state index >= 15 is 0 Å². The molecule has 3 heteroatoms. The van der Waals surface area contributed by atoms with E-state index in [1.54, 1.807) is 12.1 Å². The maximum Gasteiger partial charge on any atom is 0.251 e. The van der Waals surface area contributed by atoms with Crippen LogP contribution in [0.25, 0.3) is 0 Å². The van der Waals surface area contributed by atoms with E-state index in [-0.39, 0.29) is 18.6 Å². The predicted molar refractivity (Wildman–Crippen MR) is 76.0 cm³/mol. The molecule has 1 fully saturated rings. The molecule has 2 rings (SSSR count). The van der Waals surface area contributed by atoms with Crippen LogP contribution in [0.5, 0.6) is 0 Å². The van der Waals surface area contributed by atoms with Crippen LogP contribution in [-0.4, -0.2) is 23.7 Å².